The van der Waals surface area contributed by atoms with E-state index in [0.29, 0.717) is 61.1 Å². The van der Waals surface area contributed by atoms with Crippen molar-refractivity contribution in [2.75, 3.05) is 46.0 Å². The third-order valence-electron chi connectivity index (χ3n) is 14.4. The van der Waals surface area contributed by atoms with Gasteiger partial charge in [0.15, 0.2) is 0 Å². The van der Waals surface area contributed by atoms with E-state index in [2.05, 4.69) is 67.2 Å². The lowest BCUT2D eigenvalue weighted by molar-refractivity contribution is -0.132. The Morgan fingerprint density at radius 1 is 0.811 bits per heavy atom. The van der Waals surface area contributed by atoms with Crippen molar-refractivity contribution in [1.82, 2.24) is 4.90 Å². The summed E-state index contributed by atoms with van der Waals surface area (Å²) in [5.74, 6) is 2.98. The number of carbonyl (C=O) groups excluding carboxylic acids is 1. The molecule has 1 unspecified atom stereocenters. The van der Waals surface area contributed by atoms with Crippen molar-refractivity contribution in [3.8, 4) is 0 Å². The van der Waals surface area contributed by atoms with Gasteiger partial charge in [-0.3, -0.25) is 4.79 Å². The van der Waals surface area contributed by atoms with E-state index >= 15 is 0 Å². The number of amides is 1. The summed E-state index contributed by atoms with van der Waals surface area (Å²) in [6, 6.07) is 0. The van der Waals surface area contributed by atoms with E-state index in [1.165, 1.54) is 44.9 Å². The van der Waals surface area contributed by atoms with Crippen LogP contribution < -0.4 is 11.5 Å². The smallest absolute Gasteiger partial charge is 0.222 e. The van der Waals surface area contributed by atoms with Crippen molar-refractivity contribution in [1.29, 1.82) is 0 Å². The number of rotatable bonds is 30. The highest BCUT2D eigenvalue weighted by molar-refractivity contribution is 5.76. The molecule has 10 atom stereocenters. The van der Waals surface area contributed by atoms with Gasteiger partial charge in [0.1, 0.15) is 0 Å². The van der Waals surface area contributed by atoms with Gasteiger partial charge in [0.2, 0.25) is 5.91 Å². The third kappa shape index (κ3) is 15.3. The second-order valence-electron chi connectivity index (χ2n) is 18.3. The van der Waals surface area contributed by atoms with E-state index in [4.69, 9.17) is 25.7 Å². The van der Waals surface area contributed by atoms with Gasteiger partial charge in [0.25, 0.3) is 0 Å². The van der Waals surface area contributed by atoms with Gasteiger partial charge in [-0.1, -0.05) is 87.5 Å². The molecule has 0 heterocycles. The first-order valence-corrected chi connectivity index (χ1v) is 22.9. The standard InChI is InChI=1S/C46H91N3O4/c1-10-13-16-28-49(29-17-14-11-2)44(50)23-20-36(4)42-22-21-37(5)46(42,9)43(53-32-19-27-48)33-38(6)45(8)25-24-41(52-31-18-26-47)35-40(45)34-39(7)51-30-15-12-3/h36-43H,10-35,47-48H2,1-9H3/t36-,37-,38-,39+,40?,41-,42-,43+,45-,46+/m1/s1. The van der Waals surface area contributed by atoms with E-state index in [1.54, 1.807) is 0 Å². The maximum Gasteiger partial charge on any atom is 0.222 e. The molecule has 7 nitrogen and oxygen atoms in total. The second-order valence-corrected chi connectivity index (χ2v) is 18.3. The van der Waals surface area contributed by atoms with Crippen molar-refractivity contribution in [2.45, 2.75) is 203 Å². The fourth-order valence-corrected chi connectivity index (χ4v) is 10.2. The molecule has 0 radical (unpaired) electrons. The average molecular weight is 750 g/mol. The highest BCUT2D eigenvalue weighted by Gasteiger charge is 2.53. The zero-order chi connectivity index (χ0) is 39.3. The van der Waals surface area contributed by atoms with Crippen LogP contribution >= 0.6 is 0 Å². The molecule has 0 spiro atoms. The van der Waals surface area contributed by atoms with Crippen LogP contribution in [-0.2, 0) is 19.0 Å². The van der Waals surface area contributed by atoms with Crippen LogP contribution in [0.2, 0.25) is 0 Å². The van der Waals surface area contributed by atoms with Gasteiger partial charge in [-0.25, -0.2) is 0 Å². The normalized spacial score (nSPS) is 28.5. The Balaban J connectivity index is 2.28. The number of hydrogen-bond donors (Lipinski definition) is 2. The number of ether oxygens (including phenoxy) is 3. The van der Waals surface area contributed by atoms with Gasteiger partial charge >= 0.3 is 0 Å². The fraction of sp³-hybridized carbons (Fsp3) is 0.978. The molecular weight excluding hydrogens is 659 g/mol. The Hall–Kier alpha value is -0.730. The second kappa shape index (κ2) is 26.2. The largest absolute Gasteiger partial charge is 0.378 e. The van der Waals surface area contributed by atoms with Gasteiger partial charge in [-0.2, -0.15) is 0 Å². The van der Waals surface area contributed by atoms with Crippen LogP contribution in [0, 0.1) is 40.4 Å². The summed E-state index contributed by atoms with van der Waals surface area (Å²) in [6.07, 6.45) is 21.5. The van der Waals surface area contributed by atoms with Crippen LogP contribution in [0.5, 0.6) is 0 Å². The Kier molecular flexibility index (Phi) is 24.0. The topological polar surface area (TPSA) is 100 Å². The predicted molar refractivity (Wildman–Crippen MR) is 225 cm³/mol. The first-order valence-electron chi connectivity index (χ1n) is 22.9. The minimum atomic E-state index is 0.0538. The van der Waals surface area contributed by atoms with Gasteiger partial charge in [-0.15, -0.1) is 0 Å². The Morgan fingerprint density at radius 3 is 2.06 bits per heavy atom. The van der Waals surface area contributed by atoms with E-state index in [1.807, 2.05) is 0 Å². The summed E-state index contributed by atoms with van der Waals surface area (Å²) >= 11 is 0. The number of unbranched alkanes of at least 4 members (excludes halogenated alkanes) is 5. The Morgan fingerprint density at radius 2 is 1.43 bits per heavy atom. The van der Waals surface area contributed by atoms with Crippen molar-refractivity contribution >= 4 is 5.91 Å². The molecule has 0 bridgehead atoms. The summed E-state index contributed by atoms with van der Waals surface area (Å²) < 4.78 is 19.8. The quantitative estimate of drug-likeness (QED) is 0.0709. The zero-order valence-electron chi connectivity index (χ0n) is 36.7. The average Bonchev–Trinajstić information content (AvgIpc) is 3.45. The Bertz CT molecular complexity index is 940. The predicted octanol–water partition coefficient (Wildman–Crippen LogP) is 10.6. The number of carbonyl (C=O) groups is 1. The van der Waals surface area contributed by atoms with Crippen LogP contribution in [0.1, 0.15) is 184 Å². The lowest BCUT2D eigenvalue weighted by Crippen LogP contribution is -2.48. The minimum absolute atomic E-state index is 0.0538. The molecule has 2 aliphatic rings. The first kappa shape index (κ1) is 48.4. The number of hydrogen-bond acceptors (Lipinski definition) is 6. The fourth-order valence-electron chi connectivity index (χ4n) is 10.2. The molecule has 0 aromatic heterocycles. The maximum atomic E-state index is 13.7. The summed E-state index contributed by atoms with van der Waals surface area (Å²) in [5.41, 5.74) is 12.1. The molecule has 53 heavy (non-hydrogen) atoms. The van der Waals surface area contributed by atoms with Crippen LogP contribution in [0.15, 0.2) is 0 Å². The van der Waals surface area contributed by atoms with Crippen LogP contribution in [0.4, 0.5) is 0 Å². The van der Waals surface area contributed by atoms with Crippen molar-refractivity contribution in [3.63, 3.8) is 0 Å². The van der Waals surface area contributed by atoms with E-state index in [9.17, 15) is 4.79 Å². The number of nitrogens with zero attached hydrogens (tertiary/aromatic N) is 1. The molecule has 4 N–H and O–H groups in total. The molecule has 0 aromatic rings. The summed E-state index contributed by atoms with van der Waals surface area (Å²) in [5, 5.41) is 0. The van der Waals surface area contributed by atoms with Crippen LogP contribution in [-0.4, -0.2) is 75.1 Å². The molecular formula is C46H91N3O4. The molecule has 2 rings (SSSR count). The SMILES string of the molecule is CCCCCN(CCCCC)C(=O)CC[C@@H](C)[C@H]1CC[C@@H](C)[C@]1(C)[C@H](C[C@@H](C)[C@@]1(C)CC[C@@H](OCCCN)CC1C[C@H](C)OCCCC)OCCCN. The lowest BCUT2D eigenvalue weighted by atomic mass is 9.56. The third-order valence-corrected chi connectivity index (χ3v) is 14.4. The molecule has 0 saturated heterocycles. The van der Waals surface area contributed by atoms with Gasteiger partial charge in [-0.05, 0) is 144 Å². The summed E-state index contributed by atoms with van der Waals surface area (Å²) in [7, 11) is 0. The number of nitrogens with two attached hydrogens (primary N) is 2. The molecule has 314 valence electrons. The molecule has 1 amide bonds. The molecule has 0 aromatic carbocycles. The minimum Gasteiger partial charge on any atom is -0.378 e. The Labute approximate surface area is 329 Å². The molecule has 7 heteroatoms. The maximum absolute atomic E-state index is 13.7. The van der Waals surface area contributed by atoms with Crippen molar-refractivity contribution < 1.29 is 19.0 Å². The molecule has 2 saturated carbocycles. The van der Waals surface area contributed by atoms with E-state index in [0.717, 1.165) is 104 Å². The molecule has 0 aliphatic heterocycles. The first-order chi connectivity index (χ1) is 25.4. The molecule has 2 aliphatic carbocycles. The van der Waals surface area contributed by atoms with Gasteiger partial charge in [0.05, 0.1) is 18.3 Å². The summed E-state index contributed by atoms with van der Waals surface area (Å²) in [6.45, 7) is 27.1. The van der Waals surface area contributed by atoms with Crippen LogP contribution in [0.3, 0.4) is 0 Å². The van der Waals surface area contributed by atoms with E-state index < -0.39 is 0 Å². The zero-order valence-corrected chi connectivity index (χ0v) is 36.7. The van der Waals surface area contributed by atoms with E-state index in [-0.39, 0.29) is 23.0 Å². The van der Waals surface area contributed by atoms with Gasteiger partial charge in [0, 0.05) is 39.3 Å². The van der Waals surface area contributed by atoms with Crippen molar-refractivity contribution in [2.24, 2.45) is 51.9 Å². The monoisotopic (exact) mass is 750 g/mol. The van der Waals surface area contributed by atoms with Crippen molar-refractivity contribution in [3.05, 3.63) is 0 Å². The lowest BCUT2D eigenvalue weighted by Gasteiger charge is -2.52. The van der Waals surface area contributed by atoms with Crippen LogP contribution in [0.25, 0.3) is 0 Å². The van der Waals surface area contributed by atoms with Gasteiger partial charge < -0.3 is 30.6 Å². The highest BCUT2D eigenvalue weighted by atomic mass is 16.5. The highest BCUT2D eigenvalue weighted by Crippen LogP contribution is 2.58. The summed E-state index contributed by atoms with van der Waals surface area (Å²) in [4.78, 5) is 15.9. The molecule has 2 fully saturated rings.